The summed E-state index contributed by atoms with van der Waals surface area (Å²) in [5.41, 5.74) is 1.65. The summed E-state index contributed by atoms with van der Waals surface area (Å²) >= 11 is 3.36. The van der Waals surface area contributed by atoms with Gasteiger partial charge in [-0.25, -0.2) is 0 Å². The summed E-state index contributed by atoms with van der Waals surface area (Å²) in [4.78, 5) is 12.5. The number of hydrogen-bond acceptors (Lipinski definition) is 4. The van der Waals surface area contributed by atoms with Crippen molar-refractivity contribution in [2.75, 3.05) is 0 Å². The molecule has 1 amide bonds. The van der Waals surface area contributed by atoms with Crippen LogP contribution >= 0.6 is 15.9 Å². The molecule has 0 radical (unpaired) electrons. The summed E-state index contributed by atoms with van der Waals surface area (Å²) in [5.74, 6) is 0.696. The van der Waals surface area contributed by atoms with Crippen LogP contribution in [-0.4, -0.2) is 16.1 Å². The van der Waals surface area contributed by atoms with Gasteiger partial charge >= 0.3 is 0 Å². The zero-order chi connectivity index (χ0) is 16.9. The number of carbonyl (C=O) groups excluding carboxylic acids is 1. The fourth-order valence-electron chi connectivity index (χ4n) is 2.35. The minimum atomic E-state index is -0.384. The van der Waals surface area contributed by atoms with Gasteiger partial charge in [-0.15, -0.1) is 10.2 Å². The Labute approximate surface area is 148 Å². The molecule has 6 heteroatoms. The number of aromatic nitrogens is 2. The Morgan fingerprint density at radius 1 is 1.12 bits per heavy atom. The normalized spacial score (nSPS) is 11.9. The van der Waals surface area contributed by atoms with E-state index in [-0.39, 0.29) is 11.9 Å². The number of carbonyl (C=O) groups is 1. The standard InChI is InChI=1S/C18H16BrN3O2/c1-12-21-22-18(24-12)16(11-13-5-3-2-4-6-13)20-17(23)14-7-9-15(19)10-8-14/h2-10,16H,11H2,1H3,(H,20,23). The first kappa shape index (κ1) is 16.4. The summed E-state index contributed by atoms with van der Waals surface area (Å²) in [5, 5.41) is 10.9. The molecule has 1 aromatic heterocycles. The molecule has 2 aromatic carbocycles. The summed E-state index contributed by atoms with van der Waals surface area (Å²) < 4.78 is 6.45. The van der Waals surface area contributed by atoms with Crippen LogP contribution in [0.1, 0.15) is 33.7 Å². The molecule has 3 aromatic rings. The van der Waals surface area contributed by atoms with E-state index in [9.17, 15) is 4.79 Å². The molecule has 0 saturated heterocycles. The van der Waals surface area contributed by atoms with Crippen LogP contribution in [-0.2, 0) is 6.42 Å². The van der Waals surface area contributed by atoms with Gasteiger partial charge in [0, 0.05) is 23.4 Å². The molecule has 0 aliphatic rings. The fraction of sp³-hybridized carbons (Fsp3) is 0.167. The maximum atomic E-state index is 12.5. The smallest absolute Gasteiger partial charge is 0.251 e. The van der Waals surface area contributed by atoms with Crippen molar-refractivity contribution in [1.29, 1.82) is 0 Å². The van der Waals surface area contributed by atoms with Crippen LogP contribution in [0, 0.1) is 6.92 Å². The Morgan fingerprint density at radius 3 is 2.46 bits per heavy atom. The maximum Gasteiger partial charge on any atom is 0.251 e. The van der Waals surface area contributed by atoms with Crippen molar-refractivity contribution in [2.45, 2.75) is 19.4 Å². The molecule has 1 N–H and O–H groups in total. The van der Waals surface area contributed by atoms with Gasteiger partial charge in [-0.2, -0.15) is 0 Å². The van der Waals surface area contributed by atoms with Gasteiger partial charge in [0.25, 0.3) is 5.91 Å². The first-order valence-corrected chi connectivity index (χ1v) is 8.31. The maximum absolute atomic E-state index is 12.5. The lowest BCUT2D eigenvalue weighted by Gasteiger charge is -2.15. The van der Waals surface area contributed by atoms with Gasteiger partial charge in [0.05, 0.1) is 0 Å². The Bertz CT molecular complexity index is 816. The van der Waals surface area contributed by atoms with E-state index in [1.54, 1.807) is 19.1 Å². The zero-order valence-electron chi connectivity index (χ0n) is 13.1. The lowest BCUT2D eigenvalue weighted by atomic mass is 10.1. The molecular formula is C18H16BrN3O2. The number of aryl methyl sites for hydroxylation is 1. The number of amides is 1. The Balaban J connectivity index is 1.81. The summed E-state index contributed by atoms with van der Waals surface area (Å²) in [6.45, 7) is 1.73. The predicted molar refractivity (Wildman–Crippen MR) is 93.5 cm³/mol. The number of nitrogens with one attached hydrogen (secondary N) is 1. The molecule has 1 heterocycles. The first-order chi connectivity index (χ1) is 11.6. The van der Waals surface area contributed by atoms with Gasteiger partial charge in [0.1, 0.15) is 6.04 Å². The van der Waals surface area contributed by atoms with Crippen molar-refractivity contribution in [3.63, 3.8) is 0 Å². The Hall–Kier alpha value is -2.47. The van der Waals surface area contributed by atoms with E-state index in [2.05, 4.69) is 31.4 Å². The molecular weight excluding hydrogens is 370 g/mol. The lowest BCUT2D eigenvalue weighted by molar-refractivity contribution is 0.0929. The zero-order valence-corrected chi connectivity index (χ0v) is 14.7. The third kappa shape index (κ3) is 4.08. The summed E-state index contributed by atoms with van der Waals surface area (Å²) in [6.07, 6.45) is 0.574. The molecule has 1 atom stereocenters. The van der Waals surface area contributed by atoms with Crippen LogP contribution < -0.4 is 5.32 Å². The van der Waals surface area contributed by atoms with E-state index in [4.69, 9.17) is 4.42 Å². The van der Waals surface area contributed by atoms with Crippen molar-refractivity contribution in [3.05, 3.63) is 82.0 Å². The SMILES string of the molecule is Cc1nnc(C(Cc2ccccc2)NC(=O)c2ccc(Br)cc2)o1. The van der Waals surface area contributed by atoms with Crippen molar-refractivity contribution in [2.24, 2.45) is 0 Å². The van der Waals surface area contributed by atoms with Crippen LogP contribution in [0.4, 0.5) is 0 Å². The largest absolute Gasteiger partial charge is 0.423 e. The van der Waals surface area contributed by atoms with E-state index in [1.165, 1.54) is 0 Å². The minimum absolute atomic E-state index is 0.181. The van der Waals surface area contributed by atoms with Gasteiger partial charge in [-0.05, 0) is 29.8 Å². The molecule has 0 aliphatic heterocycles. The first-order valence-electron chi connectivity index (χ1n) is 7.52. The monoisotopic (exact) mass is 385 g/mol. The second-order valence-electron chi connectivity index (χ2n) is 5.38. The van der Waals surface area contributed by atoms with E-state index in [1.807, 2.05) is 42.5 Å². The van der Waals surface area contributed by atoms with Crippen LogP contribution in [0.25, 0.3) is 0 Å². The third-order valence-corrected chi connectivity index (χ3v) is 4.06. The molecule has 0 fully saturated rings. The second-order valence-corrected chi connectivity index (χ2v) is 6.30. The van der Waals surface area contributed by atoms with E-state index in [0.29, 0.717) is 23.8 Å². The molecule has 122 valence electrons. The van der Waals surface area contributed by atoms with Gasteiger partial charge in [0.15, 0.2) is 0 Å². The van der Waals surface area contributed by atoms with Crippen molar-refractivity contribution in [1.82, 2.24) is 15.5 Å². The Kier molecular flexibility index (Phi) is 5.05. The minimum Gasteiger partial charge on any atom is -0.423 e. The highest BCUT2D eigenvalue weighted by Crippen LogP contribution is 2.19. The number of benzene rings is 2. The predicted octanol–water partition coefficient (Wildman–Crippen LogP) is 3.85. The number of hydrogen-bond donors (Lipinski definition) is 1. The average molecular weight is 386 g/mol. The van der Waals surface area contributed by atoms with E-state index < -0.39 is 0 Å². The van der Waals surface area contributed by atoms with Crippen molar-refractivity contribution < 1.29 is 9.21 Å². The molecule has 0 spiro atoms. The van der Waals surface area contributed by atoms with E-state index in [0.717, 1.165) is 10.0 Å². The van der Waals surface area contributed by atoms with E-state index >= 15 is 0 Å². The van der Waals surface area contributed by atoms with Gasteiger partial charge < -0.3 is 9.73 Å². The molecule has 0 aliphatic carbocycles. The number of halogens is 1. The number of nitrogens with zero attached hydrogens (tertiary/aromatic N) is 2. The fourth-order valence-corrected chi connectivity index (χ4v) is 2.61. The highest BCUT2D eigenvalue weighted by molar-refractivity contribution is 9.10. The van der Waals surface area contributed by atoms with Gasteiger partial charge in [-0.1, -0.05) is 46.3 Å². The molecule has 1 unspecified atom stereocenters. The lowest BCUT2D eigenvalue weighted by Crippen LogP contribution is -2.30. The summed E-state index contributed by atoms with van der Waals surface area (Å²) in [6, 6.07) is 16.7. The van der Waals surface area contributed by atoms with Crippen molar-refractivity contribution >= 4 is 21.8 Å². The third-order valence-electron chi connectivity index (χ3n) is 3.53. The molecule has 0 saturated carbocycles. The van der Waals surface area contributed by atoms with Crippen LogP contribution in [0.5, 0.6) is 0 Å². The second kappa shape index (κ2) is 7.40. The molecule has 5 nitrogen and oxygen atoms in total. The molecule has 24 heavy (non-hydrogen) atoms. The molecule has 0 bridgehead atoms. The van der Waals surface area contributed by atoms with Crippen LogP contribution in [0.2, 0.25) is 0 Å². The highest BCUT2D eigenvalue weighted by Gasteiger charge is 2.21. The van der Waals surface area contributed by atoms with Crippen molar-refractivity contribution in [3.8, 4) is 0 Å². The van der Waals surface area contributed by atoms with Gasteiger partial charge in [-0.3, -0.25) is 4.79 Å². The molecule has 3 rings (SSSR count). The quantitative estimate of drug-likeness (QED) is 0.723. The Morgan fingerprint density at radius 2 is 1.83 bits per heavy atom. The van der Waals surface area contributed by atoms with Crippen LogP contribution in [0.3, 0.4) is 0 Å². The topological polar surface area (TPSA) is 68.0 Å². The number of rotatable bonds is 5. The van der Waals surface area contributed by atoms with Gasteiger partial charge in [0.2, 0.25) is 11.8 Å². The summed E-state index contributed by atoms with van der Waals surface area (Å²) in [7, 11) is 0. The highest BCUT2D eigenvalue weighted by atomic mass is 79.9. The van der Waals surface area contributed by atoms with Crippen LogP contribution in [0.15, 0.2) is 63.5 Å². The average Bonchev–Trinajstić information content (AvgIpc) is 3.02.